The van der Waals surface area contributed by atoms with Gasteiger partial charge in [-0.3, -0.25) is 19.8 Å². The summed E-state index contributed by atoms with van der Waals surface area (Å²) >= 11 is 0. The van der Waals surface area contributed by atoms with E-state index in [0.717, 1.165) is 62.1 Å². The number of carbonyl (C=O) groups is 1. The van der Waals surface area contributed by atoms with Gasteiger partial charge in [0.05, 0.1) is 17.8 Å². The summed E-state index contributed by atoms with van der Waals surface area (Å²) < 4.78 is 0. The molecule has 7 heteroatoms. The Morgan fingerprint density at radius 3 is 2.76 bits per heavy atom. The van der Waals surface area contributed by atoms with Gasteiger partial charge in [-0.2, -0.15) is 0 Å². The lowest BCUT2D eigenvalue weighted by molar-refractivity contribution is 0.0837. The van der Waals surface area contributed by atoms with Crippen LogP contribution in [-0.4, -0.2) is 56.6 Å². The molecule has 2 aromatic heterocycles. The van der Waals surface area contributed by atoms with E-state index in [1.165, 1.54) is 11.1 Å². The molecule has 7 nitrogen and oxygen atoms in total. The molecule has 1 aliphatic heterocycles. The first-order valence-corrected chi connectivity index (χ1v) is 13.2. The van der Waals surface area contributed by atoms with Gasteiger partial charge in [-0.15, -0.1) is 0 Å². The lowest BCUT2D eigenvalue weighted by Crippen LogP contribution is -2.50. The molecule has 0 saturated carbocycles. The third-order valence-corrected chi connectivity index (χ3v) is 7.47. The van der Waals surface area contributed by atoms with Crippen LogP contribution in [0.3, 0.4) is 0 Å². The second kappa shape index (κ2) is 12.1. The molecule has 0 saturated heterocycles. The number of benzene rings is 1. The Labute approximate surface area is 218 Å². The molecule has 3 heterocycles. The van der Waals surface area contributed by atoms with Gasteiger partial charge < -0.3 is 10.4 Å². The zero-order chi connectivity index (χ0) is 25.5. The number of amides is 1. The second-order valence-corrected chi connectivity index (χ2v) is 9.91. The summed E-state index contributed by atoms with van der Waals surface area (Å²) in [4.78, 5) is 25.3. The average molecular weight is 498 g/mol. The molecular formula is C30H35N5O2. The number of aromatic nitrogens is 2. The maximum atomic E-state index is 12.2. The largest absolute Gasteiger partial charge is 0.465 e. The van der Waals surface area contributed by atoms with Crippen LogP contribution in [0.4, 0.5) is 4.79 Å². The Morgan fingerprint density at radius 2 is 1.92 bits per heavy atom. The predicted octanol–water partition coefficient (Wildman–Crippen LogP) is 4.61. The van der Waals surface area contributed by atoms with Crippen molar-refractivity contribution in [2.24, 2.45) is 0 Å². The molecule has 0 spiro atoms. The zero-order valence-corrected chi connectivity index (χ0v) is 21.2. The molecule has 1 aromatic carbocycles. The van der Waals surface area contributed by atoms with Crippen LogP contribution < -0.4 is 5.32 Å². The minimum atomic E-state index is -0.850. The lowest BCUT2D eigenvalue weighted by Gasteiger charge is -2.41. The molecule has 192 valence electrons. The number of rotatable bonds is 9. The molecule has 37 heavy (non-hydrogen) atoms. The smallest absolute Gasteiger partial charge is 0.407 e. The Kier molecular flexibility index (Phi) is 8.23. The predicted molar refractivity (Wildman–Crippen MR) is 144 cm³/mol. The number of aryl methyl sites for hydroxylation is 1. The number of hydrogen-bond donors (Lipinski definition) is 2. The molecule has 2 atom stereocenters. The number of carboxylic acid groups (broad SMARTS) is 1. The van der Waals surface area contributed by atoms with Crippen LogP contribution in [0.15, 0.2) is 79.3 Å². The Hall–Kier alpha value is -3.55. The van der Waals surface area contributed by atoms with Gasteiger partial charge in [-0.25, -0.2) is 4.79 Å². The Morgan fingerprint density at radius 1 is 1.08 bits per heavy atom. The van der Waals surface area contributed by atoms with Crippen LogP contribution in [0.2, 0.25) is 0 Å². The minimum Gasteiger partial charge on any atom is -0.465 e. The Balaban J connectivity index is 1.31. The molecule has 0 unspecified atom stereocenters. The molecule has 1 amide bonds. The van der Waals surface area contributed by atoms with Crippen molar-refractivity contribution in [2.45, 2.75) is 50.9 Å². The molecule has 0 fully saturated rings. The van der Waals surface area contributed by atoms with E-state index < -0.39 is 6.09 Å². The van der Waals surface area contributed by atoms with Crippen molar-refractivity contribution in [3.8, 4) is 0 Å². The van der Waals surface area contributed by atoms with E-state index in [9.17, 15) is 9.90 Å². The third kappa shape index (κ3) is 6.24. The van der Waals surface area contributed by atoms with E-state index in [4.69, 9.17) is 4.98 Å². The number of nitrogens with one attached hydrogen (secondary N) is 1. The van der Waals surface area contributed by atoms with Crippen LogP contribution in [0.5, 0.6) is 0 Å². The van der Waals surface area contributed by atoms with E-state index >= 15 is 0 Å². The van der Waals surface area contributed by atoms with Crippen LogP contribution >= 0.6 is 0 Å². The topological polar surface area (TPSA) is 81.6 Å². The number of fused-ring (bicyclic) bond motifs is 2. The maximum absolute atomic E-state index is 12.2. The molecule has 2 aliphatic rings. The van der Waals surface area contributed by atoms with Gasteiger partial charge in [0.15, 0.2) is 0 Å². The SMILES string of the molecule is O=C(O)N1Cc2ccccc2C[C@@H]1CN(C/C=C/CNCc1cccnc1)[C@H]1CCCc2cccnc21. The van der Waals surface area contributed by atoms with Gasteiger partial charge >= 0.3 is 6.09 Å². The highest BCUT2D eigenvalue weighted by Crippen LogP contribution is 2.34. The van der Waals surface area contributed by atoms with Crippen LogP contribution in [-0.2, 0) is 25.9 Å². The van der Waals surface area contributed by atoms with E-state index in [1.807, 2.05) is 42.7 Å². The monoisotopic (exact) mass is 497 g/mol. The molecule has 0 radical (unpaired) electrons. The fourth-order valence-corrected chi connectivity index (χ4v) is 5.61. The lowest BCUT2D eigenvalue weighted by atomic mass is 9.89. The summed E-state index contributed by atoms with van der Waals surface area (Å²) in [7, 11) is 0. The summed E-state index contributed by atoms with van der Waals surface area (Å²) in [5.74, 6) is 0. The fraction of sp³-hybridized carbons (Fsp3) is 0.367. The van der Waals surface area contributed by atoms with E-state index in [-0.39, 0.29) is 12.1 Å². The maximum Gasteiger partial charge on any atom is 0.407 e. The van der Waals surface area contributed by atoms with Crippen molar-refractivity contribution >= 4 is 6.09 Å². The van der Waals surface area contributed by atoms with Crippen molar-refractivity contribution in [3.05, 3.63) is 107 Å². The molecule has 0 bridgehead atoms. The molecule has 1 aliphatic carbocycles. The summed E-state index contributed by atoms with van der Waals surface area (Å²) in [6.45, 7) is 3.41. The zero-order valence-electron chi connectivity index (χ0n) is 21.2. The van der Waals surface area contributed by atoms with Gasteiger partial charge in [0.25, 0.3) is 0 Å². The highest BCUT2D eigenvalue weighted by molar-refractivity contribution is 5.66. The van der Waals surface area contributed by atoms with Crippen molar-refractivity contribution in [1.29, 1.82) is 0 Å². The van der Waals surface area contributed by atoms with E-state index in [0.29, 0.717) is 13.1 Å². The standard InChI is InChI=1S/C30H35N5O2/c36-30(37)35-21-26-10-2-1-9-25(26)18-27(35)22-34(28-13-5-11-24-12-7-16-33-29(24)28)17-4-3-14-31-19-23-8-6-15-32-20-23/h1-4,6-10,12,15-16,20,27-28,31H,5,11,13-14,17-19,21-22H2,(H,36,37)/b4-3+/t27-,28+/m1/s1. The molecular weight excluding hydrogens is 462 g/mol. The van der Waals surface area contributed by atoms with Gasteiger partial charge in [-0.05, 0) is 60.1 Å². The van der Waals surface area contributed by atoms with Crippen molar-refractivity contribution < 1.29 is 9.90 Å². The van der Waals surface area contributed by atoms with E-state index in [2.05, 4.69) is 45.6 Å². The number of hydrogen-bond acceptors (Lipinski definition) is 5. The van der Waals surface area contributed by atoms with Crippen LogP contribution in [0.1, 0.15) is 46.8 Å². The highest BCUT2D eigenvalue weighted by Gasteiger charge is 2.34. The van der Waals surface area contributed by atoms with Gasteiger partial charge in [0, 0.05) is 51.3 Å². The highest BCUT2D eigenvalue weighted by atomic mass is 16.4. The number of pyridine rings is 2. The van der Waals surface area contributed by atoms with Crippen molar-refractivity contribution in [1.82, 2.24) is 25.1 Å². The summed E-state index contributed by atoms with van der Waals surface area (Å²) in [5.41, 5.74) is 5.98. The third-order valence-electron chi connectivity index (χ3n) is 7.47. The second-order valence-electron chi connectivity index (χ2n) is 9.91. The molecule has 2 N–H and O–H groups in total. The number of nitrogens with zero attached hydrogens (tertiary/aromatic N) is 4. The fourth-order valence-electron chi connectivity index (χ4n) is 5.61. The summed E-state index contributed by atoms with van der Waals surface area (Å²) in [6.07, 6.45) is 13.0. The van der Waals surface area contributed by atoms with Crippen molar-refractivity contribution in [2.75, 3.05) is 19.6 Å². The van der Waals surface area contributed by atoms with Crippen LogP contribution in [0, 0.1) is 0 Å². The van der Waals surface area contributed by atoms with Gasteiger partial charge in [0.1, 0.15) is 0 Å². The summed E-state index contributed by atoms with van der Waals surface area (Å²) in [5, 5.41) is 13.5. The first-order chi connectivity index (χ1) is 18.2. The quantitative estimate of drug-likeness (QED) is 0.332. The average Bonchev–Trinajstić information content (AvgIpc) is 2.94. The Bertz CT molecular complexity index is 1220. The van der Waals surface area contributed by atoms with Crippen molar-refractivity contribution in [3.63, 3.8) is 0 Å². The summed E-state index contributed by atoms with van der Waals surface area (Å²) in [6, 6.07) is 16.5. The minimum absolute atomic E-state index is 0.0985. The van der Waals surface area contributed by atoms with Gasteiger partial charge in [0.2, 0.25) is 0 Å². The molecule has 5 rings (SSSR count). The van der Waals surface area contributed by atoms with Gasteiger partial charge in [-0.1, -0.05) is 48.6 Å². The first-order valence-electron chi connectivity index (χ1n) is 13.2. The van der Waals surface area contributed by atoms with Crippen LogP contribution in [0.25, 0.3) is 0 Å². The normalized spacial score (nSPS) is 19.1. The van der Waals surface area contributed by atoms with E-state index in [1.54, 1.807) is 11.1 Å². The first kappa shape index (κ1) is 25.1. The molecule has 3 aromatic rings.